The van der Waals surface area contributed by atoms with E-state index >= 15 is 0 Å². The quantitative estimate of drug-likeness (QED) is 0.865. The number of thiophene rings is 1. The van der Waals surface area contributed by atoms with Gasteiger partial charge >= 0.3 is 0 Å². The Hall–Kier alpha value is -1.11. The summed E-state index contributed by atoms with van der Waals surface area (Å²) in [6.07, 6.45) is 2.29. The summed E-state index contributed by atoms with van der Waals surface area (Å²) < 4.78 is 1.86. The number of carbonyl (C=O) groups is 1. The van der Waals surface area contributed by atoms with E-state index in [1.165, 1.54) is 6.42 Å². The molecule has 4 rings (SSSR count). The van der Waals surface area contributed by atoms with Crippen LogP contribution in [0.4, 0.5) is 0 Å². The molecule has 2 fully saturated rings. The Morgan fingerprint density at radius 2 is 2.18 bits per heavy atom. The molecule has 3 unspecified atom stereocenters. The summed E-state index contributed by atoms with van der Waals surface area (Å²) >= 11 is 1.55. The van der Waals surface area contributed by atoms with E-state index in [0.29, 0.717) is 11.8 Å². The zero-order chi connectivity index (χ0) is 14.7. The van der Waals surface area contributed by atoms with Crippen LogP contribution in [0.5, 0.6) is 0 Å². The van der Waals surface area contributed by atoms with E-state index in [0.717, 1.165) is 40.3 Å². The molecule has 2 aromatic heterocycles. The number of hydrogen-bond donors (Lipinski definition) is 1. The van der Waals surface area contributed by atoms with Crippen molar-refractivity contribution in [2.45, 2.75) is 25.8 Å². The molecule has 1 saturated carbocycles. The minimum absolute atomic E-state index is 0. The van der Waals surface area contributed by atoms with Gasteiger partial charge in [-0.25, -0.2) is 0 Å². The van der Waals surface area contributed by atoms with Crippen LogP contribution in [0, 0.1) is 18.8 Å². The normalized spacial score (nSPS) is 27.2. The molecule has 0 spiro atoms. The number of hydrogen-bond acceptors (Lipinski definition) is 4. The van der Waals surface area contributed by atoms with Gasteiger partial charge < -0.3 is 10.6 Å². The number of likely N-dealkylation sites (tertiary alicyclic amines) is 1. The summed E-state index contributed by atoms with van der Waals surface area (Å²) in [5.74, 6) is 1.28. The topological polar surface area (TPSA) is 64.2 Å². The van der Waals surface area contributed by atoms with Crippen molar-refractivity contribution in [3.05, 3.63) is 16.6 Å². The molecule has 1 saturated heterocycles. The number of amides is 1. The van der Waals surface area contributed by atoms with Gasteiger partial charge in [-0.15, -0.1) is 23.7 Å². The van der Waals surface area contributed by atoms with Crippen molar-refractivity contribution >= 4 is 39.9 Å². The first-order valence-electron chi connectivity index (χ1n) is 7.52. The number of fused-ring (bicyclic) bond motifs is 2. The first kappa shape index (κ1) is 15.8. The zero-order valence-electron chi connectivity index (χ0n) is 12.8. The minimum atomic E-state index is 0. The molecule has 2 aromatic rings. The molecule has 22 heavy (non-hydrogen) atoms. The van der Waals surface area contributed by atoms with Gasteiger partial charge in [-0.3, -0.25) is 9.48 Å². The Kier molecular flexibility index (Phi) is 3.95. The monoisotopic (exact) mass is 340 g/mol. The summed E-state index contributed by atoms with van der Waals surface area (Å²) in [5, 5.41) is 5.49. The Balaban J connectivity index is 0.00000144. The molecule has 1 aliphatic carbocycles. The molecule has 120 valence electrons. The van der Waals surface area contributed by atoms with Gasteiger partial charge in [-0.05, 0) is 37.7 Å². The zero-order valence-corrected chi connectivity index (χ0v) is 14.4. The number of rotatable bonds is 1. The molecule has 5 nitrogen and oxygen atoms in total. The highest BCUT2D eigenvalue weighted by atomic mass is 35.5. The highest BCUT2D eigenvalue weighted by Gasteiger charge is 2.42. The van der Waals surface area contributed by atoms with Gasteiger partial charge in [-0.1, -0.05) is 0 Å². The van der Waals surface area contributed by atoms with Crippen molar-refractivity contribution in [2.24, 2.45) is 24.6 Å². The standard InChI is InChI=1S/C15H20N4OS.ClH/c1-8-10-5-13(21-15(10)18(2)17-8)14(20)19-6-9-3-4-12(16)11(9)7-19;/h5,9,11-12H,3-4,6-7,16H2,1-2H3;1H. The fraction of sp³-hybridized carbons (Fsp3) is 0.600. The predicted octanol–water partition coefficient (Wildman–Crippen LogP) is 2.17. The van der Waals surface area contributed by atoms with Crippen molar-refractivity contribution in [3.8, 4) is 0 Å². The van der Waals surface area contributed by atoms with Crippen LogP contribution in [0.15, 0.2) is 6.07 Å². The minimum Gasteiger partial charge on any atom is -0.337 e. The van der Waals surface area contributed by atoms with Crippen molar-refractivity contribution < 1.29 is 4.79 Å². The van der Waals surface area contributed by atoms with Crippen molar-refractivity contribution in [2.75, 3.05) is 13.1 Å². The number of carbonyl (C=O) groups excluding carboxylic acids is 1. The molecule has 2 N–H and O–H groups in total. The van der Waals surface area contributed by atoms with Crippen LogP contribution in [0.3, 0.4) is 0 Å². The highest BCUT2D eigenvalue weighted by Crippen LogP contribution is 2.38. The molecule has 3 atom stereocenters. The number of nitrogens with zero attached hydrogens (tertiary/aromatic N) is 3. The highest BCUT2D eigenvalue weighted by molar-refractivity contribution is 7.20. The molecule has 7 heteroatoms. The predicted molar refractivity (Wildman–Crippen MR) is 90.7 cm³/mol. The third kappa shape index (κ3) is 2.25. The SMILES string of the molecule is Cc1nn(C)c2sc(C(=O)N3CC4CCC(N)C4C3)cc12.Cl. The second-order valence-electron chi connectivity index (χ2n) is 6.41. The summed E-state index contributed by atoms with van der Waals surface area (Å²) in [5.41, 5.74) is 7.15. The van der Waals surface area contributed by atoms with Gasteiger partial charge in [0, 0.05) is 31.6 Å². The van der Waals surface area contributed by atoms with E-state index in [4.69, 9.17) is 5.73 Å². The molecular weight excluding hydrogens is 320 g/mol. The fourth-order valence-corrected chi connectivity index (χ4v) is 5.03. The van der Waals surface area contributed by atoms with E-state index in [1.54, 1.807) is 11.3 Å². The van der Waals surface area contributed by atoms with Crippen LogP contribution in [-0.4, -0.2) is 39.7 Å². The lowest BCUT2D eigenvalue weighted by molar-refractivity contribution is 0.0784. The average Bonchev–Trinajstić information content (AvgIpc) is 3.16. The summed E-state index contributed by atoms with van der Waals surface area (Å²) in [4.78, 5) is 16.6. The second kappa shape index (κ2) is 5.51. The first-order valence-corrected chi connectivity index (χ1v) is 8.34. The van der Waals surface area contributed by atoms with Gasteiger partial charge in [0.25, 0.3) is 5.91 Å². The van der Waals surface area contributed by atoms with Gasteiger partial charge in [0.05, 0.1) is 10.6 Å². The van der Waals surface area contributed by atoms with E-state index in [2.05, 4.69) is 5.10 Å². The molecule has 0 aromatic carbocycles. The van der Waals surface area contributed by atoms with E-state index in [-0.39, 0.29) is 24.4 Å². The number of halogens is 1. The van der Waals surface area contributed by atoms with Gasteiger partial charge in [-0.2, -0.15) is 5.10 Å². The second-order valence-corrected chi connectivity index (χ2v) is 7.44. The molecule has 0 radical (unpaired) electrons. The Labute approximate surface area is 139 Å². The molecule has 1 amide bonds. The van der Waals surface area contributed by atoms with Crippen LogP contribution in [0.1, 0.15) is 28.2 Å². The molecule has 1 aliphatic heterocycles. The smallest absolute Gasteiger partial charge is 0.264 e. The third-order valence-electron chi connectivity index (χ3n) is 5.11. The van der Waals surface area contributed by atoms with Crippen LogP contribution in [0.2, 0.25) is 0 Å². The molecular formula is C15H21ClN4OS. The van der Waals surface area contributed by atoms with Crippen LogP contribution in [-0.2, 0) is 7.05 Å². The molecule has 0 bridgehead atoms. The summed E-state index contributed by atoms with van der Waals surface area (Å²) in [6.45, 7) is 3.70. The Morgan fingerprint density at radius 1 is 1.41 bits per heavy atom. The lowest BCUT2D eigenvalue weighted by atomic mass is 9.98. The fourth-order valence-electron chi connectivity index (χ4n) is 3.94. The van der Waals surface area contributed by atoms with E-state index < -0.39 is 0 Å². The first-order chi connectivity index (χ1) is 10.0. The van der Waals surface area contributed by atoms with Crippen LogP contribution >= 0.6 is 23.7 Å². The van der Waals surface area contributed by atoms with E-state index in [9.17, 15) is 4.79 Å². The van der Waals surface area contributed by atoms with Crippen molar-refractivity contribution in [3.63, 3.8) is 0 Å². The summed E-state index contributed by atoms with van der Waals surface area (Å²) in [6, 6.07) is 2.28. The Bertz CT molecular complexity index is 690. The largest absolute Gasteiger partial charge is 0.337 e. The molecule has 3 heterocycles. The third-order valence-corrected chi connectivity index (χ3v) is 6.30. The van der Waals surface area contributed by atoms with Crippen LogP contribution in [0.25, 0.3) is 10.2 Å². The molecule has 2 aliphatic rings. The maximum absolute atomic E-state index is 12.7. The van der Waals surface area contributed by atoms with Crippen LogP contribution < -0.4 is 5.73 Å². The van der Waals surface area contributed by atoms with Gasteiger partial charge in [0.15, 0.2) is 0 Å². The van der Waals surface area contributed by atoms with Gasteiger partial charge in [0.1, 0.15) is 4.83 Å². The Morgan fingerprint density at radius 3 is 2.86 bits per heavy atom. The van der Waals surface area contributed by atoms with Crippen molar-refractivity contribution in [1.82, 2.24) is 14.7 Å². The maximum atomic E-state index is 12.7. The number of aryl methyl sites for hydroxylation is 2. The number of aromatic nitrogens is 2. The van der Waals surface area contributed by atoms with Crippen molar-refractivity contribution in [1.29, 1.82) is 0 Å². The summed E-state index contributed by atoms with van der Waals surface area (Å²) in [7, 11) is 1.93. The average molecular weight is 341 g/mol. The van der Waals surface area contributed by atoms with Gasteiger partial charge in [0.2, 0.25) is 0 Å². The lowest BCUT2D eigenvalue weighted by Crippen LogP contribution is -2.33. The number of nitrogens with two attached hydrogens (primary N) is 1. The lowest BCUT2D eigenvalue weighted by Gasteiger charge is -2.17. The van der Waals surface area contributed by atoms with E-state index in [1.807, 2.05) is 29.6 Å². The maximum Gasteiger partial charge on any atom is 0.264 e.